The molecule has 0 aliphatic carbocycles. The molecule has 0 fully saturated rings. The predicted molar refractivity (Wildman–Crippen MR) is 76.1 cm³/mol. The lowest BCUT2D eigenvalue weighted by atomic mass is 10.0. The SMILES string of the molecule is CC/C=C(\C1=C(C)OCCC(=O)N1)c1ccccc1. The monoisotopic (exact) mass is 257 g/mol. The maximum Gasteiger partial charge on any atom is 0.227 e. The Hall–Kier alpha value is -2.03. The Morgan fingerprint density at radius 3 is 2.79 bits per heavy atom. The van der Waals surface area contributed by atoms with E-state index in [1.165, 1.54) is 0 Å². The third kappa shape index (κ3) is 3.25. The van der Waals surface area contributed by atoms with Gasteiger partial charge in [0.05, 0.1) is 18.7 Å². The maximum atomic E-state index is 11.7. The van der Waals surface area contributed by atoms with Crippen LogP contribution in [0.2, 0.25) is 0 Å². The van der Waals surface area contributed by atoms with Gasteiger partial charge in [0, 0.05) is 5.57 Å². The lowest BCUT2D eigenvalue weighted by Gasteiger charge is -2.14. The molecule has 0 spiro atoms. The standard InChI is InChI=1S/C16H19NO2/c1-3-7-14(13-8-5-4-6-9-13)16-12(2)19-11-10-15(18)17-16/h4-9H,3,10-11H2,1-2H3,(H,17,18)/b14-7-. The van der Waals surface area contributed by atoms with E-state index in [9.17, 15) is 4.79 Å². The van der Waals surface area contributed by atoms with Gasteiger partial charge >= 0.3 is 0 Å². The summed E-state index contributed by atoms with van der Waals surface area (Å²) in [5, 5.41) is 2.96. The summed E-state index contributed by atoms with van der Waals surface area (Å²) >= 11 is 0. The van der Waals surface area contributed by atoms with Crippen molar-refractivity contribution >= 4 is 11.5 Å². The number of ether oxygens (including phenoxy) is 1. The van der Waals surface area contributed by atoms with E-state index in [1.807, 2.05) is 37.3 Å². The fraction of sp³-hybridized carbons (Fsp3) is 0.312. The quantitative estimate of drug-likeness (QED) is 0.902. The van der Waals surface area contributed by atoms with Crippen molar-refractivity contribution in [2.45, 2.75) is 26.7 Å². The van der Waals surface area contributed by atoms with Crippen LogP contribution < -0.4 is 5.32 Å². The minimum Gasteiger partial charge on any atom is -0.496 e. The first-order valence-electron chi connectivity index (χ1n) is 6.62. The van der Waals surface area contributed by atoms with Gasteiger partial charge in [-0.05, 0) is 18.9 Å². The summed E-state index contributed by atoms with van der Waals surface area (Å²) in [6.45, 7) is 4.42. The average Bonchev–Trinajstić information content (AvgIpc) is 2.59. The molecule has 0 bridgehead atoms. The molecule has 1 N–H and O–H groups in total. The molecule has 1 aliphatic heterocycles. The highest BCUT2D eigenvalue weighted by atomic mass is 16.5. The fourth-order valence-electron chi connectivity index (χ4n) is 2.10. The number of benzene rings is 1. The molecule has 1 aliphatic rings. The van der Waals surface area contributed by atoms with Gasteiger partial charge in [0.25, 0.3) is 0 Å². The molecule has 1 heterocycles. The zero-order valence-electron chi connectivity index (χ0n) is 11.4. The van der Waals surface area contributed by atoms with Gasteiger partial charge in [0.2, 0.25) is 5.91 Å². The summed E-state index contributed by atoms with van der Waals surface area (Å²) in [6.07, 6.45) is 3.41. The molecule has 0 atom stereocenters. The van der Waals surface area contributed by atoms with Crippen LogP contribution in [0.5, 0.6) is 0 Å². The summed E-state index contributed by atoms with van der Waals surface area (Å²) < 4.78 is 5.59. The lowest BCUT2D eigenvalue weighted by Crippen LogP contribution is -2.22. The number of hydrogen-bond donors (Lipinski definition) is 1. The van der Waals surface area contributed by atoms with Crippen molar-refractivity contribution in [1.29, 1.82) is 0 Å². The minimum absolute atomic E-state index is 0.00443. The van der Waals surface area contributed by atoms with Gasteiger partial charge in [-0.1, -0.05) is 43.3 Å². The van der Waals surface area contributed by atoms with Crippen molar-refractivity contribution in [3.8, 4) is 0 Å². The molecule has 19 heavy (non-hydrogen) atoms. The van der Waals surface area contributed by atoms with Crippen molar-refractivity contribution in [2.75, 3.05) is 6.61 Å². The number of carbonyl (C=O) groups excluding carboxylic acids is 1. The van der Waals surface area contributed by atoms with Crippen LogP contribution in [0.25, 0.3) is 5.57 Å². The van der Waals surface area contributed by atoms with Crippen LogP contribution in [-0.4, -0.2) is 12.5 Å². The Morgan fingerprint density at radius 1 is 1.37 bits per heavy atom. The molecule has 0 aromatic heterocycles. The molecule has 3 nitrogen and oxygen atoms in total. The van der Waals surface area contributed by atoms with Crippen LogP contribution in [0.1, 0.15) is 32.3 Å². The summed E-state index contributed by atoms with van der Waals surface area (Å²) in [5.74, 6) is 0.777. The molecular formula is C16H19NO2. The number of rotatable bonds is 3. The maximum absolute atomic E-state index is 11.7. The second-order valence-corrected chi connectivity index (χ2v) is 4.47. The smallest absolute Gasteiger partial charge is 0.227 e. The van der Waals surface area contributed by atoms with Crippen molar-refractivity contribution in [1.82, 2.24) is 5.32 Å². The number of nitrogens with one attached hydrogen (secondary N) is 1. The highest BCUT2D eigenvalue weighted by Crippen LogP contribution is 2.26. The van der Waals surface area contributed by atoms with E-state index in [-0.39, 0.29) is 5.91 Å². The normalized spacial score (nSPS) is 16.7. The molecule has 0 unspecified atom stereocenters. The summed E-state index contributed by atoms with van der Waals surface area (Å²) in [5.41, 5.74) is 2.90. The predicted octanol–water partition coefficient (Wildman–Crippen LogP) is 3.25. The van der Waals surface area contributed by atoms with Gasteiger partial charge < -0.3 is 10.1 Å². The molecule has 0 radical (unpaired) electrons. The lowest BCUT2D eigenvalue weighted by molar-refractivity contribution is -0.120. The molecular weight excluding hydrogens is 238 g/mol. The zero-order valence-corrected chi connectivity index (χ0v) is 11.4. The average molecular weight is 257 g/mol. The van der Waals surface area contributed by atoms with Gasteiger partial charge in [-0.3, -0.25) is 4.79 Å². The van der Waals surface area contributed by atoms with Crippen LogP contribution >= 0.6 is 0 Å². The third-order valence-electron chi connectivity index (χ3n) is 3.03. The van der Waals surface area contributed by atoms with Crippen LogP contribution in [0.3, 0.4) is 0 Å². The van der Waals surface area contributed by atoms with Crippen molar-refractivity contribution < 1.29 is 9.53 Å². The van der Waals surface area contributed by atoms with Crippen molar-refractivity contribution in [2.24, 2.45) is 0 Å². The molecule has 100 valence electrons. The topological polar surface area (TPSA) is 38.3 Å². The highest BCUT2D eigenvalue weighted by Gasteiger charge is 2.18. The largest absolute Gasteiger partial charge is 0.496 e. The Morgan fingerprint density at radius 2 is 2.11 bits per heavy atom. The van der Waals surface area contributed by atoms with Crippen LogP contribution in [0.15, 0.2) is 47.9 Å². The first kappa shape index (κ1) is 13.4. The fourth-order valence-corrected chi connectivity index (χ4v) is 2.10. The Labute approximate surface area is 114 Å². The first-order chi connectivity index (χ1) is 9.22. The molecule has 1 amide bonds. The van der Waals surface area contributed by atoms with Crippen LogP contribution in [-0.2, 0) is 9.53 Å². The molecule has 0 saturated heterocycles. The zero-order chi connectivity index (χ0) is 13.7. The van der Waals surface area contributed by atoms with E-state index in [2.05, 4.69) is 18.3 Å². The van der Waals surface area contributed by atoms with Gasteiger partial charge in [0.1, 0.15) is 5.76 Å². The highest BCUT2D eigenvalue weighted by molar-refractivity contribution is 5.87. The number of hydrogen-bond acceptors (Lipinski definition) is 2. The van der Waals surface area contributed by atoms with Crippen LogP contribution in [0.4, 0.5) is 0 Å². The van der Waals surface area contributed by atoms with E-state index in [4.69, 9.17) is 4.74 Å². The van der Waals surface area contributed by atoms with Crippen molar-refractivity contribution in [3.63, 3.8) is 0 Å². The van der Waals surface area contributed by atoms with Crippen molar-refractivity contribution in [3.05, 3.63) is 53.4 Å². The first-order valence-corrected chi connectivity index (χ1v) is 6.62. The molecule has 1 aromatic rings. The summed E-state index contributed by atoms with van der Waals surface area (Å²) in [6, 6.07) is 10.1. The number of amides is 1. The minimum atomic E-state index is 0.00443. The van der Waals surface area contributed by atoms with E-state index in [0.717, 1.165) is 29.0 Å². The Bertz CT molecular complexity index is 515. The number of allylic oxidation sites excluding steroid dienone is 3. The van der Waals surface area contributed by atoms with Gasteiger partial charge in [-0.15, -0.1) is 0 Å². The molecule has 2 rings (SSSR count). The van der Waals surface area contributed by atoms with Gasteiger partial charge in [-0.25, -0.2) is 0 Å². The molecule has 1 aromatic carbocycles. The van der Waals surface area contributed by atoms with Gasteiger partial charge in [-0.2, -0.15) is 0 Å². The summed E-state index contributed by atoms with van der Waals surface area (Å²) in [4.78, 5) is 11.7. The van der Waals surface area contributed by atoms with Gasteiger partial charge in [0.15, 0.2) is 0 Å². The number of carbonyl (C=O) groups is 1. The van der Waals surface area contributed by atoms with E-state index >= 15 is 0 Å². The Balaban J connectivity index is 2.44. The molecule has 0 saturated carbocycles. The second kappa shape index (κ2) is 6.23. The summed E-state index contributed by atoms with van der Waals surface area (Å²) in [7, 11) is 0. The van der Waals surface area contributed by atoms with Crippen LogP contribution in [0, 0.1) is 0 Å². The Kier molecular flexibility index (Phi) is 4.39. The van der Waals surface area contributed by atoms with E-state index < -0.39 is 0 Å². The van der Waals surface area contributed by atoms with E-state index in [1.54, 1.807) is 0 Å². The van der Waals surface area contributed by atoms with E-state index in [0.29, 0.717) is 13.0 Å². The molecule has 3 heteroatoms. The third-order valence-corrected chi connectivity index (χ3v) is 3.03. The second-order valence-electron chi connectivity index (χ2n) is 4.47.